The van der Waals surface area contributed by atoms with Crippen molar-refractivity contribution in [2.75, 3.05) is 0 Å². The number of aryl methyl sites for hydroxylation is 2. The first-order chi connectivity index (χ1) is 6.77. The molecule has 0 saturated heterocycles. The van der Waals surface area contributed by atoms with Crippen LogP contribution in [0.2, 0.25) is 0 Å². The van der Waals surface area contributed by atoms with E-state index >= 15 is 0 Å². The van der Waals surface area contributed by atoms with Crippen LogP contribution >= 0.6 is 23.7 Å². The molecule has 0 aromatic carbocycles. The van der Waals surface area contributed by atoms with Crippen molar-refractivity contribution in [2.24, 2.45) is 11.0 Å². The Balaban J connectivity index is 0.000000853. The second-order valence-electron chi connectivity index (χ2n) is 4.19. The van der Waals surface area contributed by atoms with E-state index in [-0.39, 0.29) is 12.4 Å². The van der Waals surface area contributed by atoms with Crippen molar-refractivity contribution in [1.29, 1.82) is 0 Å². The van der Waals surface area contributed by atoms with E-state index in [0.717, 1.165) is 0 Å². The summed E-state index contributed by atoms with van der Waals surface area (Å²) in [5, 5.41) is 4.21. The van der Waals surface area contributed by atoms with Crippen LogP contribution in [0.1, 0.15) is 33.3 Å². The van der Waals surface area contributed by atoms with Gasteiger partial charge in [-0.3, -0.25) is 0 Å². The molecule has 2 aliphatic rings. The number of nitrogens with zero attached hydrogens (tertiary/aromatic N) is 1. The van der Waals surface area contributed by atoms with Gasteiger partial charge in [-0.25, -0.2) is 0 Å². The molecule has 2 nitrogen and oxygen atoms in total. The Hall–Kier alpha value is -0.540. The zero-order chi connectivity index (χ0) is 9.71. The summed E-state index contributed by atoms with van der Waals surface area (Å²) in [4.78, 5) is 2.98. The summed E-state index contributed by atoms with van der Waals surface area (Å²) in [6.07, 6.45) is 4.57. The number of nitrogens with one attached hydrogen (secondary N) is 1. The largest absolute Gasteiger partial charge is 0.302 e. The molecule has 1 aliphatic carbocycles. The molecule has 15 heavy (non-hydrogen) atoms. The van der Waals surface area contributed by atoms with Crippen LogP contribution in [0.4, 0.5) is 0 Å². The summed E-state index contributed by atoms with van der Waals surface area (Å²) in [5.41, 5.74) is 6.38. The molecule has 82 valence electrons. The monoisotopic (exact) mass is 242 g/mol. The van der Waals surface area contributed by atoms with Crippen LogP contribution in [-0.2, 0) is 6.42 Å². The quantitative estimate of drug-likeness (QED) is 0.743. The molecule has 0 spiro atoms. The van der Waals surface area contributed by atoms with Gasteiger partial charge in [0, 0.05) is 21.9 Å². The van der Waals surface area contributed by atoms with Crippen molar-refractivity contribution in [2.45, 2.75) is 32.7 Å². The second-order valence-corrected chi connectivity index (χ2v) is 5.62. The molecule has 0 saturated carbocycles. The van der Waals surface area contributed by atoms with Crippen LogP contribution in [0.3, 0.4) is 0 Å². The summed E-state index contributed by atoms with van der Waals surface area (Å²) < 4.78 is 0. The van der Waals surface area contributed by atoms with E-state index < -0.39 is 0 Å². The van der Waals surface area contributed by atoms with Gasteiger partial charge in [-0.1, -0.05) is 0 Å². The third-order valence-corrected chi connectivity index (χ3v) is 4.46. The van der Waals surface area contributed by atoms with Gasteiger partial charge in [-0.05, 0) is 37.8 Å². The summed E-state index contributed by atoms with van der Waals surface area (Å²) in [5.74, 6) is 0.634. The number of halogens is 1. The Bertz CT molecular complexity index is 411. The lowest BCUT2D eigenvalue weighted by atomic mass is 9.81. The fourth-order valence-electron chi connectivity index (χ4n) is 2.70. The number of thiophene rings is 1. The molecule has 1 aromatic rings. The van der Waals surface area contributed by atoms with Crippen LogP contribution in [-0.4, -0.2) is 6.21 Å². The van der Waals surface area contributed by atoms with Gasteiger partial charge in [0.1, 0.15) is 0 Å². The van der Waals surface area contributed by atoms with E-state index in [1.54, 1.807) is 11.1 Å². The SMILES string of the molecule is Cc1sc(C)c2c1CCC1C=NNC21.Cl. The number of hydrazone groups is 1. The summed E-state index contributed by atoms with van der Waals surface area (Å²) >= 11 is 1.94. The molecule has 0 radical (unpaired) electrons. The summed E-state index contributed by atoms with van der Waals surface area (Å²) in [7, 11) is 0. The van der Waals surface area contributed by atoms with Crippen LogP contribution < -0.4 is 5.43 Å². The highest BCUT2D eigenvalue weighted by molar-refractivity contribution is 7.12. The van der Waals surface area contributed by atoms with Crippen molar-refractivity contribution in [3.8, 4) is 0 Å². The van der Waals surface area contributed by atoms with Gasteiger partial charge in [0.05, 0.1) is 6.04 Å². The Morgan fingerprint density at radius 2 is 2.20 bits per heavy atom. The third-order valence-electron chi connectivity index (χ3n) is 3.38. The van der Waals surface area contributed by atoms with Gasteiger partial charge >= 0.3 is 0 Å². The molecule has 4 heteroatoms. The Morgan fingerprint density at radius 1 is 1.40 bits per heavy atom. The van der Waals surface area contributed by atoms with Crippen LogP contribution in [0.25, 0.3) is 0 Å². The van der Waals surface area contributed by atoms with Gasteiger partial charge in [-0.15, -0.1) is 23.7 Å². The molecule has 2 unspecified atom stereocenters. The van der Waals surface area contributed by atoms with Gasteiger partial charge < -0.3 is 5.43 Å². The molecule has 0 amide bonds. The molecule has 1 N–H and O–H groups in total. The maximum absolute atomic E-state index is 4.21. The van der Waals surface area contributed by atoms with E-state index in [9.17, 15) is 0 Å². The lowest BCUT2D eigenvalue weighted by molar-refractivity contribution is 0.446. The average molecular weight is 243 g/mol. The lowest BCUT2D eigenvalue weighted by Gasteiger charge is -2.25. The first-order valence-corrected chi connectivity index (χ1v) is 5.96. The van der Waals surface area contributed by atoms with Gasteiger partial charge in [0.15, 0.2) is 0 Å². The zero-order valence-corrected chi connectivity index (χ0v) is 10.5. The summed E-state index contributed by atoms with van der Waals surface area (Å²) in [6.45, 7) is 4.48. The first-order valence-electron chi connectivity index (χ1n) is 5.15. The fraction of sp³-hybridized carbons (Fsp3) is 0.545. The maximum Gasteiger partial charge on any atom is 0.0781 e. The molecule has 1 aromatic heterocycles. The highest BCUT2D eigenvalue weighted by Crippen LogP contribution is 2.42. The molecule has 0 bridgehead atoms. The molecular weight excluding hydrogens is 228 g/mol. The fourth-order valence-corrected chi connectivity index (χ4v) is 3.85. The first kappa shape index (κ1) is 11.0. The van der Waals surface area contributed by atoms with Crippen molar-refractivity contribution in [3.05, 3.63) is 20.9 Å². The third kappa shape index (κ3) is 1.49. The molecule has 0 fully saturated rings. The Labute approximate surface area is 100 Å². The smallest absolute Gasteiger partial charge is 0.0781 e. The van der Waals surface area contributed by atoms with Crippen molar-refractivity contribution < 1.29 is 0 Å². The predicted octanol–water partition coefficient (Wildman–Crippen LogP) is 2.98. The van der Waals surface area contributed by atoms with E-state index in [4.69, 9.17) is 0 Å². The van der Waals surface area contributed by atoms with Crippen molar-refractivity contribution in [1.82, 2.24) is 5.43 Å². The predicted molar refractivity (Wildman–Crippen MR) is 67.2 cm³/mol. The van der Waals surface area contributed by atoms with E-state index in [1.165, 1.54) is 22.6 Å². The lowest BCUT2D eigenvalue weighted by Crippen LogP contribution is -2.24. The minimum atomic E-state index is 0. The number of rotatable bonds is 0. The highest BCUT2D eigenvalue weighted by Gasteiger charge is 2.34. The van der Waals surface area contributed by atoms with E-state index in [2.05, 4.69) is 30.6 Å². The Morgan fingerprint density at radius 3 is 3.00 bits per heavy atom. The maximum atomic E-state index is 4.21. The van der Waals surface area contributed by atoms with Crippen LogP contribution in [0.5, 0.6) is 0 Å². The Kier molecular flexibility index (Phi) is 2.77. The topological polar surface area (TPSA) is 24.4 Å². The molecular formula is C11H15ClN2S. The van der Waals surface area contributed by atoms with Gasteiger partial charge in [-0.2, -0.15) is 5.10 Å². The number of hydrogen-bond donors (Lipinski definition) is 1. The number of fused-ring (bicyclic) bond motifs is 3. The average Bonchev–Trinajstić information content (AvgIpc) is 2.71. The van der Waals surface area contributed by atoms with E-state index in [0.29, 0.717) is 12.0 Å². The van der Waals surface area contributed by atoms with Crippen LogP contribution in [0.15, 0.2) is 5.10 Å². The molecule has 3 rings (SSSR count). The highest BCUT2D eigenvalue weighted by atomic mass is 35.5. The van der Waals surface area contributed by atoms with Gasteiger partial charge in [0.2, 0.25) is 0 Å². The molecule has 1 aliphatic heterocycles. The molecule has 2 atom stereocenters. The van der Waals surface area contributed by atoms with Crippen molar-refractivity contribution >= 4 is 30.0 Å². The standard InChI is InChI=1S/C11H14N2S.ClH/c1-6-9-4-3-8-5-12-13-11(8)10(9)7(2)14-6;/h5,8,11,13H,3-4H2,1-2H3;1H. The normalized spacial score (nSPS) is 26.5. The number of hydrogen-bond acceptors (Lipinski definition) is 3. The zero-order valence-electron chi connectivity index (χ0n) is 8.91. The van der Waals surface area contributed by atoms with E-state index in [1.807, 2.05) is 11.3 Å². The van der Waals surface area contributed by atoms with Crippen molar-refractivity contribution in [3.63, 3.8) is 0 Å². The second kappa shape index (κ2) is 3.80. The minimum Gasteiger partial charge on any atom is -0.302 e. The van der Waals surface area contributed by atoms with Crippen LogP contribution in [0, 0.1) is 19.8 Å². The molecule has 2 heterocycles. The summed E-state index contributed by atoms with van der Waals surface area (Å²) in [6, 6.07) is 0.476. The minimum absolute atomic E-state index is 0. The van der Waals surface area contributed by atoms with Gasteiger partial charge in [0.25, 0.3) is 0 Å².